The fraction of sp³-hybridized carbons (Fsp3) is 0.308. The minimum Gasteiger partial charge on any atom is -0.497 e. The molecule has 0 bridgehead atoms. The van der Waals surface area contributed by atoms with Crippen molar-refractivity contribution in [3.05, 3.63) is 29.8 Å². The van der Waals surface area contributed by atoms with E-state index in [-0.39, 0.29) is 0 Å². The number of carbonyl (C=O) groups is 2. The van der Waals surface area contributed by atoms with Gasteiger partial charge in [0.1, 0.15) is 5.75 Å². The Labute approximate surface area is 116 Å². The average molecular weight is 281 g/mol. The van der Waals surface area contributed by atoms with Crippen LogP contribution < -0.4 is 4.74 Å². The Balaban J connectivity index is 3.27. The van der Waals surface area contributed by atoms with Crippen molar-refractivity contribution < 1.29 is 14.3 Å². The van der Waals surface area contributed by atoms with Crippen LogP contribution in [0.25, 0.3) is 0 Å². The van der Waals surface area contributed by atoms with Crippen LogP contribution in [0.4, 0.5) is 0 Å². The molecule has 5 nitrogen and oxygen atoms in total. The number of amides is 1. The van der Waals surface area contributed by atoms with E-state index in [2.05, 4.69) is 0 Å². The van der Waals surface area contributed by atoms with Gasteiger partial charge in [-0.2, -0.15) is 5.26 Å². The fourth-order valence-corrected chi connectivity index (χ4v) is 1.72. The summed E-state index contributed by atoms with van der Waals surface area (Å²) in [5.74, 6) is -0.384. The normalized spacial score (nSPS) is 13.0. The van der Waals surface area contributed by atoms with Gasteiger partial charge in [-0.25, -0.2) is 0 Å². The van der Waals surface area contributed by atoms with Crippen molar-refractivity contribution in [2.45, 2.75) is 12.5 Å². The third-order valence-corrected chi connectivity index (χ3v) is 3.15. The number of ether oxygens (including phenoxy) is 1. The van der Waals surface area contributed by atoms with Crippen LogP contribution in [0.5, 0.6) is 5.75 Å². The van der Waals surface area contributed by atoms with Crippen molar-refractivity contribution in [1.82, 2.24) is 4.90 Å². The quantitative estimate of drug-likeness (QED) is 0.621. The van der Waals surface area contributed by atoms with Crippen LogP contribution in [0.2, 0.25) is 0 Å². The van der Waals surface area contributed by atoms with E-state index in [1.54, 1.807) is 24.3 Å². The first-order valence-electron chi connectivity index (χ1n) is 5.40. The van der Waals surface area contributed by atoms with Crippen molar-refractivity contribution in [3.8, 4) is 11.8 Å². The van der Waals surface area contributed by atoms with E-state index in [0.29, 0.717) is 11.3 Å². The molecule has 0 fully saturated rings. The predicted molar refractivity (Wildman–Crippen MR) is 69.6 cm³/mol. The van der Waals surface area contributed by atoms with Crippen LogP contribution >= 0.6 is 11.6 Å². The molecular weight excluding hydrogens is 268 g/mol. The number of halogens is 1. The first kappa shape index (κ1) is 15.0. The third-order valence-electron chi connectivity index (χ3n) is 2.99. The lowest BCUT2D eigenvalue weighted by atomic mass is 9.91. The summed E-state index contributed by atoms with van der Waals surface area (Å²) in [6.07, 6.45) is 0. The minimum absolute atomic E-state index is 0.531. The molecule has 0 saturated heterocycles. The molecule has 6 heteroatoms. The maximum absolute atomic E-state index is 11.6. The van der Waals surface area contributed by atoms with Gasteiger partial charge in [0.05, 0.1) is 13.2 Å². The molecule has 0 saturated carbocycles. The number of likely N-dealkylation sites (N-methyl/N-ethyl adjacent to an activating group) is 1. The Morgan fingerprint density at radius 2 is 2.11 bits per heavy atom. The summed E-state index contributed by atoms with van der Waals surface area (Å²) >= 11 is 5.17. The first-order chi connectivity index (χ1) is 8.86. The van der Waals surface area contributed by atoms with Crippen molar-refractivity contribution in [2.24, 2.45) is 0 Å². The van der Waals surface area contributed by atoms with Crippen molar-refractivity contribution in [3.63, 3.8) is 0 Å². The average Bonchev–Trinajstić information content (AvgIpc) is 2.44. The molecule has 0 radical (unpaired) electrons. The minimum atomic E-state index is -1.31. The Hall–Kier alpha value is -2.06. The van der Waals surface area contributed by atoms with Gasteiger partial charge in [0.2, 0.25) is 0 Å². The molecule has 0 aliphatic carbocycles. The summed E-state index contributed by atoms with van der Waals surface area (Å²) in [5.41, 5.74) is -0.779. The van der Waals surface area contributed by atoms with Crippen molar-refractivity contribution in [1.29, 1.82) is 5.26 Å². The molecule has 1 unspecified atom stereocenters. The van der Waals surface area contributed by atoms with Gasteiger partial charge in [0.15, 0.2) is 5.54 Å². The summed E-state index contributed by atoms with van der Waals surface area (Å²) in [6.45, 7) is 1.53. The second-order valence-corrected chi connectivity index (χ2v) is 4.40. The van der Waals surface area contributed by atoms with E-state index >= 15 is 0 Å². The van der Waals surface area contributed by atoms with E-state index in [0.717, 1.165) is 4.90 Å². The number of carbonyl (C=O) groups excluding carboxylic acids is 2. The second-order valence-electron chi connectivity index (χ2n) is 4.05. The Bertz CT molecular complexity index is 553. The number of benzene rings is 1. The van der Waals surface area contributed by atoms with Gasteiger partial charge < -0.3 is 9.64 Å². The molecule has 19 heavy (non-hydrogen) atoms. The Kier molecular flexibility index (Phi) is 4.52. The highest BCUT2D eigenvalue weighted by atomic mass is 35.5. The van der Waals surface area contributed by atoms with E-state index in [1.807, 2.05) is 6.07 Å². The van der Waals surface area contributed by atoms with Crippen molar-refractivity contribution in [2.75, 3.05) is 14.2 Å². The van der Waals surface area contributed by atoms with Crippen LogP contribution in [0.3, 0.4) is 0 Å². The topological polar surface area (TPSA) is 70.4 Å². The smallest absolute Gasteiger partial charge is 0.310 e. The highest BCUT2D eigenvalue weighted by molar-refractivity contribution is 6.80. The van der Waals surface area contributed by atoms with Gasteiger partial charge in [-0.15, -0.1) is 0 Å². The lowest BCUT2D eigenvalue weighted by Gasteiger charge is -2.32. The molecule has 1 amide bonds. The van der Waals surface area contributed by atoms with Gasteiger partial charge in [-0.05, 0) is 36.2 Å². The molecule has 0 spiro atoms. The second kappa shape index (κ2) is 5.72. The number of methoxy groups -OCH3 is 1. The van der Waals surface area contributed by atoms with Crippen LogP contribution in [-0.4, -0.2) is 30.2 Å². The fourth-order valence-electron chi connectivity index (χ4n) is 1.59. The Morgan fingerprint density at radius 1 is 1.47 bits per heavy atom. The number of hydrogen-bond acceptors (Lipinski definition) is 4. The van der Waals surface area contributed by atoms with Gasteiger partial charge >= 0.3 is 11.1 Å². The largest absolute Gasteiger partial charge is 0.497 e. The Morgan fingerprint density at radius 3 is 2.58 bits per heavy atom. The van der Waals surface area contributed by atoms with Gasteiger partial charge in [0.25, 0.3) is 0 Å². The lowest BCUT2D eigenvalue weighted by Crippen LogP contribution is -2.46. The molecule has 0 heterocycles. The molecule has 1 aromatic rings. The van der Waals surface area contributed by atoms with Crippen LogP contribution in [0, 0.1) is 11.3 Å². The molecular formula is C13H13ClN2O3. The SMILES string of the molecule is COc1cccc(C(C)(C#N)N(C)C(=O)C(=O)Cl)c1. The molecule has 0 aromatic heterocycles. The molecule has 1 aromatic carbocycles. The van der Waals surface area contributed by atoms with Crippen molar-refractivity contribution >= 4 is 22.8 Å². The standard InChI is InChI=1S/C13H13ClN2O3/c1-13(8-15,16(2)12(18)11(14)17)9-5-4-6-10(7-9)19-3/h4-7H,1-3H3. The third kappa shape index (κ3) is 2.85. The summed E-state index contributed by atoms with van der Waals surface area (Å²) in [6, 6.07) is 8.74. The monoisotopic (exact) mass is 280 g/mol. The summed E-state index contributed by atoms with van der Waals surface area (Å²) in [7, 11) is 2.85. The van der Waals surface area contributed by atoms with E-state index in [4.69, 9.17) is 16.3 Å². The van der Waals surface area contributed by atoms with Gasteiger partial charge in [-0.1, -0.05) is 12.1 Å². The highest BCUT2D eigenvalue weighted by Crippen LogP contribution is 2.29. The highest BCUT2D eigenvalue weighted by Gasteiger charge is 2.37. The number of nitriles is 1. The predicted octanol–water partition coefficient (Wildman–Crippen LogP) is 1.66. The summed E-state index contributed by atoms with van der Waals surface area (Å²) in [4.78, 5) is 23.6. The van der Waals surface area contributed by atoms with E-state index in [1.165, 1.54) is 21.1 Å². The van der Waals surface area contributed by atoms with Gasteiger partial charge in [-0.3, -0.25) is 9.59 Å². The molecule has 0 N–H and O–H groups in total. The molecule has 0 aliphatic heterocycles. The molecule has 100 valence electrons. The first-order valence-corrected chi connectivity index (χ1v) is 5.78. The summed E-state index contributed by atoms with van der Waals surface area (Å²) < 4.78 is 5.08. The van der Waals surface area contributed by atoms with Crippen LogP contribution in [0.1, 0.15) is 12.5 Å². The summed E-state index contributed by atoms with van der Waals surface area (Å²) in [5, 5.41) is 8.23. The van der Waals surface area contributed by atoms with E-state index < -0.39 is 16.7 Å². The maximum atomic E-state index is 11.6. The number of nitrogens with zero attached hydrogens (tertiary/aromatic N) is 2. The van der Waals surface area contributed by atoms with E-state index in [9.17, 15) is 14.9 Å². The number of hydrogen-bond donors (Lipinski definition) is 0. The lowest BCUT2D eigenvalue weighted by molar-refractivity contribution is -0.142. The van der Waals surface area contributed by atoms with Gasteiger partial charge in [0, 0.05) is 7.05 Å². The zero-order valence-corrected chi connectivity index (χ0v) is 11.6. The zero-order chi connectivity index (χ0) is 14.6. The van der Waals surface area contributed by atoms with Crippen LogP contribution in [-0.2, 0) is 15.1 Å². The zero-order valence-electron chi connectivity index (χ0n) is 10.8. The molecule has 0 aliphatic rings. The molecule has 1 atom stereocenters. The maximum Gasteiger partial charge on any atom is 0.310 e. The number of rotatable bonds is 4. The molecule has 1 rings (SSSR count). The van der Waals surface area contributed by atoms with Crippen LogP contribution in [0.15, 0.2) is 24.3 Å².